The molecule has 4 heteroatoms. The van der Waals surface area contributed by atoms with Gasteiger partial charge in [0.1, 0.15) is 0 Å². The molecule has 0 bridgehead atoms. The van der Waals surface area contributed by atoms with Crippen LogP contribution in [0.4, 0.5) is 0 Å². The Bertz CT molecular complexity index is 470. The predicted octanol–water partition coefficient (Wildman–Crippen LogP) is 2.41. The second-order valence-corrected chi connectivity index (χ2v) is 7.75. The molecule has 0 aromatic heterocycles. The van der Waals surface area contributed by atoms with Gasteiger partial charge in [0, 0.05) is 5.54 Å². The van der Waals surface area contributed by atoms with E-state index >= 15 is 0 Å². The normalized spacial score (nSPS) is 12.7. The first-order valence-electron chi connectivity index (χ1n) is 6.31. The summed E-state index contributed by atoms with van der Waals surface area (Å²) in [6, 6.07) is 7.19. The van der Waals surface area contributed by atoms with Gasteiger partial charge in [0.05, 0.1) is 10.6 Å². The molecule has 0 saturated heterocycles. The highest BCUT2D eigenvalue weighted by Gasteiger charge is 2.11. The van der Waals surface area contributed by atoms with Crippen LogP contribution in [0.25, 0.3) is 0 Å². The van der Waals surface area contributed by atoms with Crippen LogP contribution in [0.5, 0.6) is 0 Å². The Balaban J connectivity index is 2.62. The number of rotatable bonds is 5. The Morgan fingerprint density at radius 2 is 1.67 bits per heavy atom. The smallest absolute Gasteiger partial charge is 0.178 e. The first-order chi connectivity index (χ1) is 8.24. The van der Waals surface area contributed by atoms with E-state index in [2.05, 4.69) is 26.1 Å². The number of hydrogen-bond donors (Lipinski definition) is 1. The summed E-state index contributed by atoms with van der Waals surface area (Å²) in [5.74, 6) is 0.151. The third-order valence-electron chi connectivity index (χ3n) is 2.73. The van der Waals surface area contributed by atoms with Crippen LogP contribution in [0, 0.1) is 0 Å². The standard InChI is InChI=1S/C14H23NO2S/c1-5-18(16,17)13-8-6-12(7-9-13)10-11-15-14(2,3)4/h6-9,15H,5,10-11H2,1-4H3. The lowest BCUT2D eigenvalue weighted by molar-refractivity contribution is 0.429. The number of hydrogen-bond acceptors (Lipinski definition) is 3. The van der Waals surface area contributed by atoms with Gasteiger partial charge in [0.2, 0.25) is 0 Å². The summed E-state index contributed by atoms with van der Waals surface area (Å²) < 4.78 is 23.3. The molecule has 0 heterocycles. The van der Waals surface area contributed by atoms with Gasteiger partial charge in [-0.1, -0.05) is 19.1 Å². The van der Waals surface area contributed by atoms with E-state index in [0.717, 1.165) is 18.5 Å². The van der Waals surface area contributed by atoms with Gasteiger partial charge in [-0.25, -0.2) is 8.42 Å². The molecule has 102 valence electrons. The summed E-state index contributed by atoms with van der Waals surface area (Å²) in [6.07, 6.45) is 0.906. The van der Waals surface area contributed by atoms with Crippen LogP contribution >= 0.6 is 0 Å². The van der Waals surface area contributed by atoms with Crippen LogP contribution < -0.4 is 5.32 Å². The molecule has 3 nitrogen and oxygen atoms in total. The molecule has 0 amide bonds. The largest absolute Gasteiger partial charge is 0.312 e. The van der Waals surface area contributed by atoms with Crippen molar-refractivity contribution >= 4 is 9.84 Å². The maximum Gasteiger partial charge on any atom is 0.178 e. The van der Waals surface area contributed by atoms with Crippen LogP contribution in [0.3, 0.4) is 0 Å². The number of nitrogens with one attached hydrogen (secondary N) is 1. The quantitative estimate of drug-likeness (QED) is 0.893. The summed E-state index contributed by atoms with van der Waals surface area (Å²) in [5, 5.41) is 3.41. The molecule has 0 aliphatic rings. The number of benzene rings is 1. The fourth-order valence-corrected chi connectivity index (χ4v) is 2.50. The molecule has 1 aromatic rings. The minimum Gasteiger partial charge on any atom is -0.312 e. The highest BCUT2D eigenvalue weighted by molar-refractivity contribution is 7.91. The Labute approximate surface area is 111 Å². The van der Waals surface area contributed by atoms with E-state index in [1.54, 1.807) is 19.1 Å². The van der Waals surface area contributed by atoms with E-state index in [1.165, 1.54) is 0 Å². The highest BCUT2D eigenvalue weighted by Crippen LogP contribution is 2.12. The van der Waals surface area contributed by atoms with Crippen molar-refractivity contribution in [2.24, 2.45) is 0 Å². The Morgan fingerprint density at radius 3 is 2.11 bits per heavy atom. The van der Waals surface area contributed by atoms with E-state index in [0.29, 0.717) is 4.90 Å². The minimum atomic E-state index is -3.07. The molecule has 1 rings (SSSR count). The summed E-state index contributed by atoms with van der Waals surface area (Å²) in [6.45, 7) is 8.94. The molecule has 1 N–H and O–H groups in total. The monoisotopic (exact) mass is 269 g/mol. The van der Waals surface area contributed by atoms with Crippen molar-refractivity contribution in [1.29, 1.82) is 0 Å². The summed E-state index contributed by atoms with van der Waals surface area (Å²) in [5.41, 5.74) is 1.27. The van der Waals surface area contributed by atoms with E-state index in [1.807, 2.05) is 12.1 Å². The van der Waals surface area contributed by atoms with Gasteiger partial charge in [-0.2, -0.15) is 0 Å². The predicted molar refractivity (Wildman–Crippen MR) is 75.6 cm³/mol. The molecule has 0 saturated carbocycles. The van der Waals surface area contributed by atoms with Gasteiger partial charge in [0.25, 0.3) is 0 Å². The molecule has 0 spiro atoms. The fraction of sp³-hybridized carbons (Fsp3) is 0.571. The lowest BCUT2D eigenvalue weighted by Gasteiger charge is -2.20. The summed E-state index contributed by atoms with van der Waals surface area (Å²) >= 11 is 0. The maximum absolute atomic E-state index is 11.6. The molecule has 0 unspecified atom stereocenters. The lowest BCUT2D eigenvalue weighted by Crippen LogP contribution is -2.37. The zero-order valence-electron chi connectivity index (χ0n) is 11.7. The van der Waals surface area contributed by atoms with Crippen LogP contribution in [0.1, 0.15) is 33.3 Å². The third kappa shape index (κ3) is 4.78. The van der Waals surface area contributed by atoms with Gasteiger partial charge in [-0.15, -0.1) is 0 Å². The average molecular weight is 269 g/mol. The Hall–Kier alpha value is -0.870. The van der Waals surface area contributed by atoms with Gasteiger partial charge < -0.3 is 5.32 Å². The summed E-state index contributed by atoms with van der Waals surface area (Å²) in [4.78, 5) is 0.414. The van der Waals surface area contributed by atoms with E-state index in [9.17, 15) is 8.42 Å². The van der Waals surface area contributed by atoms with E-state index in [4.69, 9.17) is 0 Å². The van der Waals surface area contributed by atoms with Crippen molar-refractivity contribution in [3.8, 4) is 0 Å². The minimum absolute atomic E-state index is 0.117. The molecule has 0 aliphatic heterocycles. The average Bonchev–Trinajstić information content (AvgIpc) is 2.28. The molecule has 0 fully saturated rings. The lowest BCUT2D eigenvalue weighted by atomic mass is 10.1. The zero-order chi connectivity index (χ0) is 13.8. The molecule has 1 aromatic carbocycles. The van der Waals surface area contributed by atoms with Gasteiger partial charge >= 0.3 is 0 Å². The molecular weight excluding hydrogens is 246 g/mol. The van der Waals surface area contributed by atoms with Crippen molar-refractivity contribution in [3.63, 3.8) is 0 Å². The van der Waals surface area contributed by atoms with Crippen LogP contribution in [-0.4, -0.2) is 26.3 Å². The van der Waals surface area contributed by atoms with E-state index < -0.39 is 9.84 Å². The molecule has 0 aliphatic carbocycles. The molecule has 18 heavy (non-hydrogen) atoms. The Morgan fingerprint density at radius 1 is 1.11 bits per heavy atom. The topological polar surface area (TPSA) is 46.2 Å². The van der Waals surface area contributed by atoms with Crippen molar-refractivity contribution in [3.05, 3.63) is 29.8 Å². The van der Waals surface area contributed by atoms with Gasteiger partial charge in [-0.3, -0.25) is 0 Å². The van der Waals surface area contributed by atoms with Gasteiger partial charge in [0.15, 0.2) is 9.84 Å². The van der Waals surface area contributed by atoms with Crippen molar-refractivity contribution in [1.82, 2.24) is 5.32 Å². The first-order valence-corrected chi connectivity index (χ1v) is 7.96. The maximum atomic E-state index is 11.6. The first kappa shape index (κ1) is 15.2. The molecular formula is C14H23NO2S. The summed E-state index contributed by atoms with van der Waals surface area (Å²) in [7, 11) is -3.07. The highest BCUT2D eigenvalue weighted by atomic mass is 32.2. The van der Waals surface area contributed by atoms with Crippen molar-refractivity contribution in [2.75, 3.05) is 12.3 Å². The zero-order valence-corrected chi connectivity index (χ0v) is 12.5. The fourth-order valence-electron chi connectivity index (χ4n) is 1.61. The van der Waals surface area contributed by atoms with Crippen LogP contribution in [0.2, 0.25) is 0 Å². The third-order valence-corrected chi connectivity index (χ3v) is 4.48. The van der Waals surface area contributed by atoms with E-state index in [-0.39, 0.29) is 11.3 Å². The van der Waals surface area contributed by atoms with Crippen molar-refractivity contribution < 1.29 is 8.42 Å². The Kier molecular flexibility index (Phi) is 4.93. The second-order valence-electron chi connectivity index (χ2n) is 5.47. The SMILES string of the molecule is CCS(=O)(=O)c1ccc(CCNC(C)(C)C)cc1. The number of sulfone groups is 1. The van der Waals surface area contributed by atoms with Crippen LogP contribution in [0.15, 0.2) is 29.2 Å². The molecule has 0 atom stereocenters. The molecule has 0 radical (unpaired) electrons. The van der Waals surface area contributed by atoms with Gasteiger partial charge in [-0.05, 0) is 51.4 Å². The second kappa shape index (κ2) is 5.85. The van der Waals surface area contributed by atoms with Crippen molar-refractivity contribution in [2.45, 2.75) is 44.6 Å². The van der Waals surface area contributed by atoms with Crippen LogP contribution in [-0.2, 0) is 16.3 Å².